The molecule has 0 atom stereocenters. The molecule has 0 unspecified atom stereocenters. The summed E-state index contributed by atoms with van der Waals surface area (Å²) in [6.07, 6.45) is 0. The largest absolute Gasteiger partial charge is 0.383 e. The van der Waals surface area contributed by atoms with E-state index in [1.807, 2.05) is 27.7 Å². The smallest absolute Gasteiger partial charge is 0.330 e. The summed E-state index contributed by atoms with van der Waals surface area (Å²) in [5.74, 6) is 0.617. The Morgan fingerprint density at radius 1 is 1.28 bits per heavy atom. The van der Waals surface area contributed by atoms with E-state index in [1.54, 1.807) is 4.90 Å². The van der Waals surface area contributed by atoms with E-state index in [1.165, 1.54) is 4.57 Å². The lowest BCUT2D eigenvalue weighted by molar-refractivity contribution is 0.505. The molecular formula is C15H23ClN6O2S. The van der Waals surface area contributed by atoms with Crippen molar-refractivity contribution in [1.29, 1.82) is 0 Å². The molecule has 2 heterocycles. The first-order valence-electron chi connectivity index (χ1n) is 8.05. The fraction of sp³-hybridized carbons (Fsp3) is 0.600. The number of aromatic amines is 1. The van der Waals surface area contributed by atoms with Gasteiger partial charge in [0.15, 0.2) is 0 Å². The topological polar surface area (TPSA) is 110 Å². The molecule has 2 rings (SSSR count). The van der Waals surface area contributed by atoms with E-state index >= 15 is 0 Å². The van der Waals surface area contributed by atoms with Crippen LogP contribution in [0.15, 0.2) is 9.59 Å². The fourth-order valence-electron chi connectivity index (χ4n) is 2.58. The molecule has 0 aliphatic rings. The molecule has 0 bridgehead atoms. The quantitative estimate of drug-likeness (QED) is 0.752. The molecule has 0 amide bonds. The lowest BCUT2D eigenvalue weighted by Crippen LogP contribution is -2.40. The maximum atomic E-state index is 12.5. The number of anilines is 2. The van der Waals surface area contributed by atoms with E-state index in [-0.39, 0.29) is 23.3 Å². The average Bonchev–Trinajstić information content (AvgIpc) is 2.87. The summed E-state index contributed by atoms with van der Waals surface area (Å²) in [5.41, 5.74) is 6.04. The third-order valence-electron chi connectivity index (χ3n) is 3.51. The standard InChI is InChI=1S/C15H23ClN6O2S/c1-8(2)5-21(7-10-12(16)25-20-19-10)11-13(17)22(6-9(3)4)15(24)18-14(11)23/h8-9H,5-7,17H2,1-4H3,(H,18,23,24). The van der Waals surface area contributed by atoms with Crippen molar-refractivity contribution in [2.75, 3.05) is 17.2 Å². The number of nitrogens with two attached hydrogens (primary N) is 1. The van der Waals surface area contributed by atoms with Crippen LogP contribution < -0.4 is 21.9 Å². The Morgan fingerprint density at radius 3 is 2.48 bits per heavy atom. The van der Waals surface area contributed by atoms with Crippen LogP contribution >= 0.6 is 23.1 Å². The molecular weight excluding hydrogens is 364 g/mol. The summed E-state index contributed by atoms with van der Waals surface area (Å²) in [4.78, 5) is 28.8. The number of nitrogens with zero attached hydrogens (tertiary/aromatic N) is 4. The highest BCUT2D eigenvalue weighted by atomic mass is 35.5. The van der Waals surface area contributed by atoms with Gasteiger partial charge in [0.05, 0.1) is 6.54 Å². The molecule has 2 aromatic rings. The van der Waals surface area contributed by atoms with E-state index < -0.39 is 11.2 Å². The molecule has 0 saturated heterocycles. The second kappa shape index (κ2) is 8.01. The zero-order valence-corrected chi connectivity index (χ0v) is 16.3. The summed E-state index contributed by atoms with van der Waals surface area (Å²) in [7, 11) is 0. The number of hydrogen-bond donors (Lipinski definition) is 2. The van der Waals surface area contributed by atoms with Gasteiger partial charge in [-0.15, -0.1) is 5.10 Å². The predicted octanol–water partition coefficient (Wildman–Crippen LogP) is 1.94. The first-order valence-corrected chi connectivity index (χ1v) is 9.20. The van der Waals surface area contributed by atoms with Crippen LogP contribution in [0.25, 0.3) is 0 Å². The highest BCUT2D eigenvalue weighted by Crippen LogP contribution is 2.24. The van der Waals surface area contributed by atoms with Gasteiger partial charge in [-0.25, -0.2) is 4.79 Å². The van der Waals surface area contributed by atoms with Gasteiger partial charge in [0.2, 0.25) is 0 Å². The van der Waals surface area contributed by atoms with Gasteiger partial charge in [-0.2, -0.15) is 0 Å². The lowest BCUT2D eigenvalue weighted by atomic mass is 10.2. The van der Waals surface area contributed by atoms with Gasteiger partial charge >= 0.3 is 5.69 Å². The first-order chi connectivity index (χ1) is 11.7. The number of aromatic nitrogens is 4. The molecule has 10 heteroatoms. The number of nitrogens with one attached hydrogen (secondary N) is 1. The van der Waals surface area contributed by atoms with Crippen molar-refractivity contribution in [2.45, 2.75) is 40.8 Å². The van der Waals surface area contributed by atoms with Crippen LogP contribution in [0.2, 0.25) is 4.34 Å². The third kappa shape index (κ3) is 4.60. The van der Waals surface area contributed by atoms with Crippen LogP contribution in [-0.4, -0.2) is 25.7 Å². The number of rotatable bonds is 7. The summed E-state index contributed by atoms with van der Waals surface area (Å²) in [5, 5.41) is 4.01. The molecule has 0 radical (unpaired) electrons. The highest BCUT2D eigenvalue weighted by Gasteiger charge is 2.22. The van der Waals surface area contributed by atoms with Gasteiger partial charge in [-0.1, -0.05) is 43.8 Å². The minimum absolute atomic E-state index is 0.155. The molecule has 3 N–H and O–H groups in total. The Hall–Kier alpha value is -1.87. The molecule has 8 nitrogen and oxygen atoms in total. The average molecular weight is 387 g/mol. The van der Waals surface area contributed by atoms with Crippen LogP contribution in [0.1, 0.15) is 33.4 Å². The second-order valence-electron chi connectivity index (χ2n) is 6.77. The Balaban J connectivity index is 2.54. The molecule has 0 aromatic carbocycles. The van der Waals surface area contributed by atoms with Crippen molar-refractivity contribution in [1.82, 2.24) is 19.1 Å². The van der Waals surface area contributed by atoms with Crippen molar-refractivity contribution >= 4 is 34.6 Å². The normalized spacial score (nSPS) is 11.5. The molecule has 0 aliphatic carbocycles. The lowest BCUT2D eigenvalue weighted by Gasteiger charge is -2.27. The Morgan fingerprint density at radius 2 is 1.96 bits per heavy atom. The number of hydrogen-bond acceptors (Lipinski definition) is 7. The summed E-state index contributed by atoms with van der Waals surface area (Å²) in [6.45, 7) is 9.28. The van der Waals surface area contributed by atoms with Crippen LogP contribution in [-0.2, 0) is 13.1 Å². The zero-order chi connectivity index (χ0) is 18.7. The van der Waals surface area contributed by atoms with E-state index in [0.717, 1.165) is 11.5 Å². The molecule has 25 heavy (non-hydrogen) atoms. The number of nitrogen functional groups attached to an aromatic ring is 1. The van der Waals surface area contributed by atoms with Gasteiger partial charge in [-0.3, -0.25) is 14.3 Å². The molecule has 138 valence electrons. The Bertz CT molecular complexity index is 841. The van der Waals surface area contributed by atoms with Crippen LogP contribution in [0.4, 0.5) is 11.5 Å². The van der Waals surface area contributed by atoms with E-state index in [0.29, 0.717) is 29.7 Å². The van der Waals surface area contributed by atoms with Crippen molar-refractivity contribution < 1.29 is 0 Å². The minimum atomic E-state index is -0.512. The predicted molar refractivity (Wildman–Crippen MR) is 101 cm³/mol. The minimum Gasteiger partial charge on any atom is -0.383 e. The second-order valence-corrected chi connectivity index (χ2v) is 8.12. The highest BCUT2D eigenvalue weighted by molar-refractivity contribution is 7.10. The van der Waals surface area contributed by atoms with Gasteiger partial charge in [-0.05, 0) is 11.8 Å². The van der Waals surface area contributed by atoms with E-state index in [4.69, 9.17) is 17.3 Å². The van der Waals surface area contributed by atoms with E-state index in [2.05, 4.69) is 14.6 Å². The first kappa shape index (κ1) is 19.5. The maximum absolute atomic E-state index is 12.5. The van der Waals surface area contributed by atoms with Crippen LogP contribution in [0.3, 0.4) is 0 Å². The summed E-state index contributed by atoms with van der Waals surface area (Å²) < 4.78 is 5.69. The fourth-order valence-corrected chi connectivity index (χ4v) is 3.19. The maximum Gasteiger partial charge on any atom is 0.330 e. The molecule has 2 aromatic heterocycles. The molecule has 0 aliphatic heterocycles. The van der Waals surface area contributed by atoms with Gasteiger partial charge < -0.3 is 10.6 Å². The SMILES string of the molecule is CC(C)CN(Cc1nnsc1Cl)c1c(N)n(CC(C)C)c(=O)[nH]c1=O. The van der Waals surface area contributed by atoms with Crippen molar-refractivity contribution in [2.24, 2.45) is 11.8 Å². The van der Waals surface area contributed by atoms with Crippen LogP contribution in [0, 0.1) is 11.8 Å². The van der Waals surface area contributed by atoms with Gasteiger partial charge in [0, 0.05) is 24.6 Å². The molecule has 0 spiro atoms. The van der Waals surface area contributed by atoms with Crippen LogP contribution in [0.5, 0.6) is 0 Å². The number of H-pyrrole nitrogens is 1. The Kier molecular flexibility index (Phi) is 6.23. The molecule has 0 fully saturated rings. The van der Waals surface area contributed by atoms with Crippen molar-refractivity contribution in [3.05, 3.63) is 30.9 Å². The monoisotopic (exact) mass is 386 g/mol. The molecule has 0 saturated carbocycles. The van der Waals surface area contributed by atoms with E-state index in [9.17, 15) is 9.59 Å². The van der Waals surface area contributed by atoms with Gasteiger partial charge in [0.25, 0.3) is 5.56 Å². The third-order valence-corrected chi connectivity index (χ3v) is 4.50. The van der Waals surface area contributed by atoms with Crippen molar-refractivity contribution in [3.63, 3.8) is 0 Å². The summed E-state index contributed by atoms with van der Waals surface area (Å²) in [6, 6.07) is 0. The van der Waals surface area contributed by atoms with Gasteiger partial charge in [0.1, 0.15) is 21.5 Å². The zero-order valence-electron chi connectivity index (χ0n) is 14.7. The Labute approximate surface area is 154 Å². The summed E-state index contributed by atoms with van der Waals surface area (Å²) >= 11 is 7.20. The van der Waals surface area contributed by atoms with Crippen molar-refractivity contribution in [3.8, 4) is 0 Å². The number of halogens is 1.